The van der Waals surface area contributed by atoms with E-state index in [1.807, 2.05) is 11.5 Å². The second-order valence-corrected chi connectivity index (χ2v) is 9.75. The number of imidazole rings is 2. The number of hydrogen-bond donors (Lipinski definition) is 3. The van der Waals surface area contributed by atoms with Crippen LogP contribution in [-0.2, 0) is 27.8 Å². The quantitative estimate of drug-likeness (QED) is 0.391. The van der Waals surface area contributed by atoms with Gasteiger partial charge in [0, 0.05) is 39.2 Å². The van der Waals surface area contributed by atoms with Crippen molar-refractivity contribution in [3.8, 4) is 0 Å². The van der Waals surface area contributed by atoms with Crippen molar-refractivity contribution in [1.29, 1.82) is 0 Å². The lowest BCUT2D eigenvalue weighted by molar-refractivity contribution is -0.116. The van der Waals surface area contributed by atoms with Gasteiger partial charge in [0.25, 0.3) is 0 Å². The third-order valence-corrected chi connectivity index (χ3v) is 7.08. The van der Waals surface area contributed by atoms with Gasteiger partial charge in [-0.05, 0) is 43.3 Å². The van der Waals surface area contributed by atoms with Gasteiger partial charge in [-0.2, -0.15) is 0 Å². The molecule has 0 saturated carbocycles. The van der Waals surface area contributed by atoms with Crippen LogP contribution < -0.4 is 11.0 Å². The highest BCUT2D eigenvalue weighted by atomic mass is 32.2. The summed E-state index contributed by atoms with van der Waals surface area (Å²) in [5.41, 5.74) is 2.96. The Bertz CT molecular complexity index is 1480. The van der Waals surface area contributed by atoms with Crippen LogP contribution in [-0.4, -0.2) is 52.2 Å². The topological polar surface area (TPSA) is 133 Å². The summed E-state index contributed by atoms with van der Waals surface area (Å²) in [6, 6.07) is 10.0. The molecule has 0 fully saturated rings. The summed E-state index contributed by atoms with van der Waals surface area (Å²) in [6.45, 7) is 2.62. The molecule has 0 bridgehead atoms. The van der Waals surface area contributed by atoms with Gasteiger partial charge in [-0.3, -0.25) is 4.79 Å². The van der Waals surface area contributed by atoms with E-state index in [1.165, 1.54) is 14.1 Å². The van der Waals surface area contributed by atoms with Crippen LogP contribution in [0.3, 0.4) is 0 Å². The molecule has 4 aromatic rings. The molecule has 0 spiro atoms. The van der Waals surface area contributed by atoms with Crippen molar-refractivity contribution in [3.05, 3.63) is 52.7 Å². The molecule has 2 aromatic heterocycles. The van der Waals surface area contributed by atoms with E-state index in [0.29, 0.717) is 41.0 Å². The number of fused-ring (bicyclic) bond motifs is 2. The molecule has 11 heteroatoms. The molecule has 2 aromatic carbocycles. The Morgan fingerprint density at radius 3 is 2.59 bits per heavy atom. The lowest BCUT2D eigenvalue weighted by atomic mass is 10.2. The van der Waals surface area contributed by atoms with Crippen molar-refractivity contribution < 1.29 is 13.2 Å². The first-order valence-corrected chi connectivity index (χ1v) is 11.6. The minimum atomic E-state index is -3.56. The fraction of sp³-hybridized carbons (Fsp3) is 0.286. The van der Waals surface area contributed by atoms with Gasteiger partial charge in [0.2, 0.25) is 15.9 Å². The molecule has 0 atom stereocenters. The lowest BCUT2D eigenvalue weighted by Gasteiger charge is -2.11. The van der Waals surface area contributed by atoms with Gasteiger partial charge in [-0.1, -0.05) is 0 Å². The van der Waals surface area contributed by atoms with E-state index >= 15 is 0 Å². The van der Waals surface area contributed by atoms with Crippen LogP contribution in [0, 0.1) is 0 Å². The highest BCUT2D eigenvalue weighted by Gasteiger charge is 2.19. The highest BCUT2D eigenvalue weighted by Crippen LogP contribution is 2.23. The second-order valence-electron chi connectivity index (χ2n) is 7.60. The Morgan fingerprint density at radius 1 is 1.12 bits per heavy atom. The number of H-pyrrole nitrogens is 2. The Kier molecular flexibility index (Phi) is 5.61. The number of anilines is 1. The molecule has 0 radical (unpaired) electrons. The number of carbonyl (C=O) groups excluding carboxylic acids is 1. The summed E-state index contributed by atoms with van der Waals surface area (Å²) in [4.78, 5) is 34.0. The normalized spacial score (nSPS) is 12.1. The Morgan fingerprint density at radius 2 is 1.88 bits per heavy atom. The third-order valence-electron chi connectivity index (χ3n) is 5.27. The van der Waals surface area contributed by atoms with Gasteiger partial charge in [0.05, 0.1) is 27.0 Å². The van der Waals surface area contributed by atoms with Crippen molar-refractivity contribution in [2.75, 3.05) is 19.4 Å². The number of rotatable bonds is 7. The first kappa shape index (κ1) is 21.8. The minimum absolute atomic E-state index is 0.179. The number of carbonyl (C=O) groups is 1. The largest absolute Gasteiger partial charge is 0.328 e. The zero-order valence-electron chi connectivity index (χ0n) is 18.0. The molecule has 4 rings (SSSR count). The molecule has 1 amide bonds. The summed E-state index contributed by atoms with van der Waals surface area (Å²) in [6.07, 6.45) is 0.598. The highest BCUT2D eigenvalue weighted by molar-refractivity contribution is 7.89. The minimum Gasteiger partial charge on any atom is -0.328 e. The average Bonchev–Trinajstić information content (AvgIpc) is 3.29. The number of aryl methyl sites for hydroxylation is 2. The number of hydrogen-bond acceptors (Lipinski definition) is 5. The molecule has 168 valence electrons. The van der Waals surface area contributed by atoms with Gasteiger partial charge in [0.1, 0.15) is 5.82 Å². The van der Waals surface area contributed by atoms with E-state index in [0.717, 1.165) is 9.82 Å². The molecule has 0 saturated heterocycles. The van der Waals surface area contributed by atoms with Crippen molar-refractivity contribution in [2.45, 2.75) is 31.2 Å². The number of aromatic nitrogens is 4. The summed E-state index contributed by atoms with van der Waals surface area (Å²) in [7, 11) is -0.586. The zero-order valence-corrected chi connectivity index (χ0v) is 18.8. The molecule has 0 aliphatic rings. The summed E-state index contributed by atoms with van der Waals surface area (Å²) in [5, 5.41) is 2.83. The molecule has 3 N–H and O–H groups in total. The van der Waals surface area contributed by atoms with E-state index in [2.05, 4.69) is 20.3 Å². The molecule has 0 aliphatic carbocycles. The maximum atomic E-state index is 12.5. The van der Waals surface area contributed by atoms with Gasteiger partial charge in [-0.15, -0.1) is 0 Å². The van der Waals surface area contributed by atoms with Crippen LogP contribution >= 0.6 is 0 Å². The van der Waals surface area contributed by atoms with Crippen LogP contribution in [0.5, 0.6) is 0 Å². The predicted octanol–water partition coefficient (Wildman–Crippen LogP) is 2.05. The number of amides is 1. The Balaban J connectivity index is 1.52. The molecular formula is C21H24N6O4S. The first-order valence-electron chi connectivity index (χ1n) is 10.1. The van der Waals surface area contributed by atoms with E-state index in [-0.39, 0.29) is 22.9 Å². The van der Waals surface area contributed by atoms with Crippen molar-refractivity contribution >= 4 is 43.7 Å². The van der Waals surface area contributed by atoms with Crippen molar-refractivity contribution in [2.24, 2.45) is 0 Å². The number of aromatic amines is 2. The fourth-order valence-corrected chi connectivity index (χ4v) is 4.56. The van der Waals surface area contributed by atoms with E-state index in [4.69, 9.17) is 0 Å². The Labute approximate surface area is 184 Å². The zero-order chi connectivity index (χ0) is 23.0. The number of benzene rings is 2. The lowest BCUT2D eigenvalue weighted by Crippen LogP contribution is -2.22. The van der Waals surface area contributed by atoms with Crippen LogP contribution in [0.4, 0.5) is 5.69 Å². The van der Waals surface area contributed by atoms with Crippen molar-refractivity contribution in [3.63, 3.8) is 0 Å². The molecule has 2 heterocycles. The SMILES string of the molecule is CCn1c(CCC(=O)Nc2ccc3[nH]c(=O)[nH]c3c2)nc2cc(S(=O)(=O)N(C)C)ccc21. The van der Waals surface area contributed by atoms with E-state index in [9.17, 15) is 18.0 Å². The van der Waals surface area contributed by atoms with Crippen LogP contribution in [0.1, 0.15) is 19.2 Å². The molecule has 0 unspecified atom stereocenters. The smallest absolute Gasteiger partial charge is 0.323 e. The van der Waals surface area contributed by atoms with E-state index in [1.54, 1.807) is 36.4 Å². The molecule has 10 nitrogen and oxygen atoms in total. The number of nitrogens with zero attached hydrogens (tertiary/aromatic N) is 3. The predicted molar refractivity (Wildman–Crippen MR) is 122 cm³/mol. The third kappa shape index (κ3) is 4.04. The van der Waals surface area contributed by atoms with E-state index < -0.39 is 10.0 Å². The van der Waals surface area contributed by atoms with Crippen LogP contribution in [0.2, 0.25) is 0 Å². The van der Waals surface area contributed by atoms with Gasteiger partial charge in [0.15, 0.2) is 0 Å². The standard InChI is InChI=1S/C21H24N6O4S/c1-4-27-18-8-6-14(32(30,31)26(2)3)12-17(18)23-19(27)9-10-20(28)22-13-5-7-15-16(11-13)25-21(29)24-15/h5-8,11-12H,4,9-10H2,1-3H3,(H,22,28)(H2,24,25,29). The Hall–Kier alpha value is -3.44. The summed E-state index contributed by atoms with van der Waals surface area (Å²) in [5.74, 6) is 0.523. The average molecular weight is 457 g/mol. The number of sulfonamides is 1. The van der Waals surface area contributed by atoms with Gasteiger partial charge in [-0.25, -0.2) is 22.5 Å². The van der Waals surface area contributed by atoms with Crippen molar-refractivity contribution in [1.82, 2.24) is 23.8 Å². The summed E-state index contributed by atoms with van der Waals surface area (Å²) < 4.78 is 28.0. The fourth-order valence-electron chi connectivity index (χ4n) is 3.63. The maximum absolute atomic E-state index is 12.5. The summed E-state index contributed by atoms with van der Waals surface area (Å²) >= 11 is 0. The maximum Gasteiger partial charge on any atom is 0.323 e. The number of nitrogens with one attached hydrogen (secondary N) is 3. The molecule has 32 heavy (non-hydrogen) atoms. The monoisotopic (exact) mass is 456 g/mol. The van der Waals surface area contributed by atoms with Crippen LogP contribution in [0.15, 0.2) is 46.1 Å². The molecular weight excluding hydrogens is 432 g/mol. The molecule has 0 aliphatic heterocycles. The first-order chi connectivity index (χ1) is 15.2. The van der Waals surface area contributed by atoms with Gasteiger partial charge >= 0.3 is 5.69 Å². The van der Waals surface area contributed by atoms with Gasteiger partial charge < -0.3 is 19.9 Å². The van der Waals surface area contributed by atoms with Crippen LogP contribution in [0.25, 0.3) is 22.1 Å². The second kappa shape index (κ2) is 8.24.